The van der Waals surface area contributed by atoms with Gasteiger partial charge >= 0.3 is 5.97 Å². The number of nitrogens with zero attached hydrogens (tertiary/aromatic N) is 2. The van der Waals surface area contributed by atoms with Gasteiger partial charge in [0.15, 0.2) is 16.3 Å². The average Bonchev–Trinajstić information content (AvgIpc) is 3.41. The molecule has 6 rings (SSSR count). The number of fused-ring (bicyclic) bond motifs is 1. The molecule has 8 nitrogen and oxygen atoms in total. The molecule has 244 valence electrons. The minimum absolute atomic E-state index is 0.154. The second-order valence-electron chi connectivity index (χ2n) is 10.6. The van der Waals surface area contributed by atoms with E-state index in [1.54, 1.807) is 37.8 Å². The number of ether oxygens (including phenoxy) is 4. The summed E-state index contributed by atoms with van der Waals surface area (Å²) < 4.78 is 26.8. The molecule has 1 atom stereocenters. The summed E-state index contributed by atoms with van der Waals surface area (Å²) in [4.78, 5) is 33.7. The molecular formula is C37H30BrIN2O6S. The zero-order valence-electron chi connectivity index (χ0n) is 26.2. The molecule has 1 aliphatic heterocycles. The number of halogens is 2. The molecule has 4 aromatic carbocycles. The minimum Gasteiger partial charge on any atom is -0.493 e. The lowest BCUT2D eigenvalue weighted by atomic mass is 9.93. The maximum Gasteiger partial charge on any atom is 0.338 e. The second kappa shape index (κ2) is 14.9. The van der Waals surface area contributed by atoms with Crippen LogP contribution in [0.1, 0.15) is 35.2 Å². The molecule has 0 aliphatic carbocycles. The molecule has 0 N–H and O–H groups in total. The Morgan fingerprint density at radius 1 is 0.979 bits per heavy atom. The van der Waals surface area contributed by atoms with Gasteiger partial charge in [-0.1, -0.05) is 94.0 Å². The van der Waals surface area contributed by atoms with Crippen LogP contribution >= 0.6 is 49.9 Å². The van der Waals surface area contributed by atoms with Gasteiger partial charge in [0.05, 0.1) is 46.2 Å². The van der Waals surface area contributed by atoms with Crippen molar-refractivity contribution in [2.75, 3.05) is 20.8 Å². The number of hydrogen-bond acceptors (Lipinski definition) is 8. The van der Waals surface area contributed by atoms with Crippen molar-refractivity contribution in [3.05, 3.63) is 147 Å². The fraction of sp³-hybridized carbons (Fsp3) is 0.162. The topological polar surface area (TPSA) is 88.4 Å². The third-order valence-corrected chi connectivity index (χ3v) is 9.89. The summed E-state index contributed by atoms with van der Waals surface area (Å²) in [6, 6.07) is 27.7. The molecule has 0 unspecified atom stereocenters. The van der Waals surface area contributed by atoms with E-state index in [0.29, 0.717) is 44.4 Å². The van der Waals surface area contributed by atoms with Crippen LogP contribution in [-0.2, 0) is 16.1 Å². The predicted octanol–water partition coefficient (Wildman–Crippen LogP) is 6.90. The summed E-state index contributed by atoms with van der Waals surface area (Å²) in [7, 11) is 3.10. The summed E-state index contributed by atoms with van der Waals surface area (Å²) in [6.45, 7) is 2.27. The van der Waals surface area contributed by atoms with E-state index in [9.17, 15) is 9.59 Å². The van der Waals surface area contributed by atoms with Crippen LogP contribution < -0.4 is 29.1 Å². The largest absolute Gasteiger partial charge is 0.493 e. The van der Waals surface area contributed by atoms with Crippen LogP contribution in [-0.4, -0.2) is 31.4 Å². The van der Waals surface area contributed by atoms with Crippen molar-refractivity contribution in [2.45, 2.75) is 19.6 Å². The molecule has 1 aliphatic rings. The molecular weight excluding hydrogens is 807 g/mol. The van der Waals surface area contributed by atoms with Crippen LogP contribution in [0.5, 0.6) is 17.2 Å². The van der Waals surface area contributed by atoms with Crippen LogP contribution in [0.4, 0.5) is 0 Å². The van der Waals surface area contributed by atoms with Crippen LogP contribution in [0.25, 0.3) is 11.8 Å². The highest BCUT2D eigenvalue weighted by molar-refractivity contribution is 14.1. The van der Waals surface area contributed by atoms with Crippen molar-refractivity contribution in [2.24, 2.45) is 4.99 Å². The maximum absolute atomic E-state index is 14.5. The second-order valence-corrected chi connectivity index (χ2v) is 13.7. The molecule has 0 amide bonds. The molecule has 0 spiro atoms. The monoisotopic (exact) mass is 836 g/mol. The average molecular weight is 838 g/mol. The highest BCUT2D eigenvalue weighted by Gasteiger charge is 2.35. The summed E-state index contributed by atoms with van der Waals surface area (Å²) in [5.74, 6) is 1.07. The van der Waals surface area contributed by atoms with Gasteiger partial charge in [0, 0.05) is 15.6 Å². The molecule has 0 saturated heterocycles. The molecule has 11 heteroatoms. The number of esters is 1. The van der Waals surface area contributed by atoms with E-state index in [1.165, 1.54) is 11.3 Å². The van der Waals surface area contributed by atoms with E-state index in [1.807, 2.05) is 84.9 Å². The molecule has 1 aromatic heterocycles. The van der Waals surface area contributed by atoms with Gasteiger partial charge in [-0.15, -0.1) is 0 Å². The lowest BCUT2D eigenvalue weighted by molar-refractivity contribution is -0.138. The first-order chi connectivity index (χ1) is 23.3. The Hall–Kier alpha value is -4.20. The van der Waals surface area contributed by atoms with E-state index >= 15 is 0 Å². The van der Waals surface area contributed by atoms with Gasteiger partial charge in [-0.05, 0) is 71.0 Å². The maximum atomic E-state index is 14.5. The first-order valence-electron chi connectivity index (χ1n) is 15.0. The summed E-state index contributed by atoms with van der Waals surface area (Å²) in [5, 5.41) is 0. The van der Waals surface area contributed by atoms with Crippen LogP contribution in [0, 0.1) is 3.57 Å². The van der Waals surface area contributed by atoms with Crippen LogP contribution in [0.3, 0.4) is 0 Å². The van der Waals surface area contributed by atoms with Crippen molar-refractivity contribution in [3.63, 3.8) is 0 Å². The number of thiazole rings is 1. The standard InChI is InChI=1S/C37H30BrIN2O6S/c1-4-46-36(43)31-32(23-13-9-6-10-14-23)40-37-41(33(31)24-15-16-28(44-2)29(18-24)45-3)35(42)30(48-37)19-25-17-26(38)20-27(39)34(25)47-21-22-11-7-5-8-12-22/h5-20,33H,4,21H2,1-3H3/b30-19-/t33-/m1/s1. The molecule has 48 heavy (non-hydrogen) atoms. The number of benzene rings is 4. The highest BCUT2D eigenvalue weighted by atomic mass is 127. The Morgan fingerprint density at radius 3 is 2.38 bits per heavy atom. The van der Waals surface area contributed by atoms with Crippen molar-refractivity contribution in [3.8, 4) is 17.2 Å². The quantitative estimate of drug-likeness (QED) is 0.113. The highest BCUT2D eigenvalue weighted by Crippen LogP contribution is 2.38. The fourth-order valence-corrected chi connectivity index (χ4v) is 8.19. The Labute approximate surface area is 303 Å². The van der Waals surface area contributed by atoms with Crippen molar-refractivity contribution in [1.82, 2.24) is 4.57 Å². The number of carbonyl (C=O) groups excluding carboxylic acids is 1. The Morgan fingerprint density at radius 2 is 1.69 bits per heavy atom. The SMILES string of the molecule is CCOC(=O)C1=C(c2ccccc2)N=c2s/c(=C\c3cc(Br)cc(I)c3OCc3ccccc3)c(=O)n2[C@@H]1c1ccc(OC)c(OC)c1. The van der Waals surface area contributed by atoms with Gasteiger partial charge < -0.3 is 18.9 Å². The van der Waals surface area contributed by atoms with Gasteiger partial charge in [0.2, 0.25) is 0 Å². The molecule has 0 saturated carbocycles. The van der Waals surface area contributed by atoms with E-state index in [4.69, 9.17) is 23.9 Å². The number of aromatic nitrogens is 1. The number of hydrogen-bond donors (Lipinski definition) is 0. The first-order valence-corrected chi connectivity index (χ1v) is 17.7. The summed E-state index contributed by atoms with van der Waals surface area (Å²) >= 11 is 7.10. The molecule has 0 radical (unpaired) electrons. The smallest absolute Gasteiger partial charge is 0.338 e. The van der Waals surface area contributed by atoms with E-state index in [2.05, 4.69) is 38.5 Å². The van der Waals surface area contributed by atoms with Gasteiger partial charge in [0.1, 0.15) is 12.4 Å². The third-order valence-electron chi connectivity index (χ3n) is 7.65. The Balaban J connectivity index is 1.59. The lowest BCUT2D eigenvalue weighted by Crippen LogP contribution is -2.40. The lowest BCUT2D eigenvalue weighted by Gasteiger charge is -2.26. The normalized spacial score (nSPS) is 14.3. The molecule has 5 aromatic rings. The van der Waals surface area contributed by atoms with Crippen LogP contribution in [0.2, 0.25) is 0 Å². The Bertz CT molecular complexity index is 2200. The zero-order valence-corrected chi connectivity index (χ0v) is 30.8. The molecule has 0 bridgehead atoms. The molecule has 2 heterocycles. The Kier molecular flexibility index (Phi) is 10.5. The fourth-order valence-electron chi connectivity index (χ4n) is 5.49. The molecule has 0 fully saturated rings. The number of carbonyl (C=O) groups is 1. The summed E-state index contributed by atoms with van der Waals surface area (Å²) in [5.41, 5.74) is 3.49. The minimum atomic E-state index is -0.867. The van der Waals surface area contributed by atoms with Gasteiger partial charge in [-0.2, -0.15) is 0 Å². The van der Waals surface area contributed by atoms with Gasteiger partial charge in [-0.25, -0.2) is 9.79 Å². The first kappa shape index (κ1) is 33.7. The zero-order chi connectivity index (χ0) is 33.8. The van der Waals surface area contributed by atoms with E-state index < -0.39 is 12.0 Å². The van der Waals surface area contributed by atoms with E-state index in [0.717, 1.165) is 24.7 Å². The van der Waals surface area contributed by atoms with Crippen molar-refractivity contribution < 1.29 is 23.7 Å². The van der Waals surface area contributed by atoms with Gasteiger partial charge in [-0.3, -0.25) is 9.36 Å². The summed E-state index contributed by atoms with van der Waals surface area (Å²) in [6.07, 6.45) is 1.82. The van der Waals surface area contributed by atoms with Crippen molar-refractivity contribution in [1.29, 1.82) is 0 Å². The number of rotatable bonds is 10. The van der Waals surface area contributed by atoms with Gasteiger partial charge in [0.25, 0.3) is 5.56 Å². The predicted molar refractivity (Wildman–Crippen MR) is 198 cm³/mol. The number of methoxy groups -OCH3 is 2. The van der Waals surface area contributed by atoms with Crippen LogP contribution in [0.15, 0.2) is 111 Å². The van der Waals surface area contributed by atoms with Crippen molar-refractivity contribution >= 4 is 67.6 Å². The third kappa shape index (κ3) is 6.85. The van der Waals surface area contributed by atoms with E-state index in [-0.39, 0.29) is 17.7 Å².